The minimum absolute atomic E-state index is 0.0186. The van der Waals surface area contributed by atoms with Gasteiger partial charge in [-0.15, -0.1) is 0 Å². The van der Waals surface area contributed by atoms with Gasteiger partial charge in [-0.25, -0.2) is 4.79 Å². The van der Waals surface area contributed by atoms with E-state index in [0.29, 0.717) is 24.3 Å². The van der Waals surface area contributed by atoms with Gasteiger partial charge in [-0.05, 0) is 87.9 Å². The maximum atomic E-state index is 14.2. The van der Waals surface area contributed by atoms with E-state index in [1.54, 1.807) is 20.0 Å². The van der Waals surface area contributed by atoms with E-state index < -0.39 is 11.7 Å². The molecule has 1 aromatic carbocycles. The maximum Gasteiger partial charge on any atom is 0.435 e. The summed E-state index contributed by atoms with van der Waals surface area (Å²) in [5.41, 5.74) is 11.1. The van der Waals surface area contributed by atoms with Crippen molar-refractivity contribution in [3.05, 3.63) is 57.9 Å². The van der Waals surface area contributed by atoms with Crippen molar-refractivity contribution < 1.29 is 19.1 Å². The molecule has 41 heavy (non-hydrogen) atoms. The third-order valence-electron chi connectivity index (χ3n) is 8.37. The number of amides is 1. The molecule has 12 heteroatoms. The average molecular weight is 561 g/mol. The van der Waals surface area contributed by atoms with Crippen LogP contribution >= 0.6 is 0 Å². The van der Waals surface area contributed by atoms with E-state index >= 15 is 0 Å². The number of ether oxygens (including phenoxy) is 2. The van der Waals surface area contributed by atoms with Crippen molar-refractivity contribution in [2.45, 2.75) is 83.0 Å². The van der Waals surface area contributed by atoms with Gasteiger partial charge in [-0.1, -0.05) is 11.2 Å². The third kappa shape index (κ3) is 5.80. The SMILES string of the molecule is CC(C)(CN=[N+]=[N-])OC(=O)n1cc2c(n1)CCC(N(C(=O)c1cccc3c1cnn3CC1CCOCC1)C1CC1)C2. The molecule has 3 aliphatic rings. The van der Waals surface area contributed by atoms with Gasteiger partial charge in [-0.2, -0.15) is 14.9 Å². The van der Waals surface area contributed by atoms with Crippen molar-refractivity contribution in [2.24, 2.45) is 11.0 Å². The van der Waals surface area contributed by atoms with Crippen LogP contribution in [0.4, 0.5) is 4.79 Å². The number of hydrogen-bond acceptors (Lipinski definition) is 7. The average Bonchev–Trinajstić information content (AvgIpc) is 3.56. The number of fused-ring (bicyclic) bond motifs is 2. The number of aryl methyl sites for hydroxylation is 1. The van der Waals surface area contributed by atoms with Crippen molar-refractivity contribution in [1.29, 1.82) is 0 Å². The standard InChI is InChI=1S/C29H36N8O4/c1-29(2,18-31-34-30)41-28(39)36-17-20-14-22(8-9-25(20)33-36)37(21-6-7-21)27(38)23-4-3-5-26-24(23)15-32-35(26)16-19-10-12-40-13-11-19/h3-5,15,17,19,21-22H,6-14,16,18H2,1-2H3. The van der Waals surface area contributed by atoms with E-state index in [2.05, 4.69) is 25.1 Å². The molecular formula is C29H36N8O4. The molecule has 1 aliphatic heterocycles. The fourth-order valence-corrected chi connectivity index (χ4v) is 6.06. The van der Waals surface area contributed by atoms with E-state index in [0.717, 1.165) is 74.0 Å². The van der Waals surface area contributed by atoms with Crippen LogP contribution in [0.15, 0.2) is 35.7 Å². The largest absolute Gasteiger partial charge is 0.442 e. The number of benzene rings is 1. The van der Waals surface area contributed by atoms with Crippen molar-refractivity contribution in [2.75, 3.05) is 19.8 Å². The lowest BCUT2D eigenvalue weighted by molar-refractivity contribution is 0.0441. The smallest absolute Gasteiger partial charge is 0.435 e. The predicted molar refractivity (Wildman–Crippen MR) is 150 cm³/mol. The number of azide groups is 1. The topological polar surface area (TPSA) is 140 Å². The van der Waals surface area contributed by atoms with Gasteiger partial charge in [0.25, 0.3) is 5.91 Å². The first kappa shape index (κ1) is 27.3. The van der Waals surface area contributed by atoms with Crippen LogP contribution in [-0.4, -0.2) is 73.9 Å². The Balaban J connectivity index is 1.20. The highest BCUT2D eigenvalue weighted by Crippen LogP contribution is 2.36. The molecule has 2 aliphatic carbocycles. The highest BCUT2D eigenvalue weighted by molar-refractivity contribution is 6.06. The first-order chi connectivity index (χ1) is 19.8. The summed E-state index contributed by atoms with van der Waals surface area (Å²) in [6.07, 6.45) is 9.08. The van der Waals surface area contributed by atoms with Crippen LogP contribution in [0.3, 0.4) is 0 Å². The van der Waals surface area contributed by atoms with Crippen molar-refractivity contribution in [3.8, 4) is 0 Å². The van der Waals surface area contributed by atoms with Gasteiger partial charge in [0.15, 0.2) is 0 Å². The van der Waals surface area contributed by atoms with Gasteiger partial charge in [0.2, 0.25) is 0 Å². The molecule has 1 atom stereocenters. The molecule has 6 rings (SSSR count). The Kier molecular flexibility index (Phi) is 7.44. The first-order valence-corrected chi connectivity index (χ1v) is 14.5. The van der Waals surface area contributed by atoms with Crippen molar-refractivity contribution in [3.63, 3.8) is 0 Å². The molecule has 1 saturated carbocycles. The van der Waals surface area contributed by atoms with Gasteiger partial charge < -0.3 is 14.4 Å². The van der Waals surface area contributed by atoms with Crippen LogP contribution < -0.4 is 0 Å². The van der Waals surface area contributed by atoms with Gasteiger partial charge in [0, 0.05) is 48.3 Å². The molecule has 1 unspecified atom stereocenters. The molecule has 216 valence electrons. The summed E-state index contributed by atoms with van der Waals surface area (Å²) in [6, 6.07) is 6.17. The second-order valence-corrected chi connectivity index (χ2v) is 12.0. The number of nitrogens with zero attached hydrogens (tertiary/aromatic N) is 8. The fraction of sp³-hybridized carbons (Fsp3) is 0.586. The Bertz CT molecular complexity index is 1490. The van der Waals surface area contributed by atoms with E-state index in [1.807, 2.05) is 29.1 Å². The molecule has 2 fully saturated rings. The summed E-state index contributed by atoms with van der Waals surface area (Å²) in [5, 5.41) is 13.6. The summed E-state index contributed by atoms with van der Waals surface area (Å²) >= 11 is 0. The molecule has 3 aromatic rings. The lowest BCUT2D eigenvalue weighted by Gasteiger charge is -2.34. The Labute approximate surface area is 238 Å². The lowest BCUT2D eigenvalue weighted by Crippen LogP contribution is -2.44. The molecule has 2 aromatic heterocycles. The van der Waals surface area contributed by atoms with Crippen LogP contribution in [0.1, 0.15) is 67.6 Å². The molecule has 1 saturated heterocycles. The van der Waals surface area contributed by atoms with Crippen LogP contribution in [0.25, 0.3) is 21.3 Å². The quantitative estimate of drug-likeness (QED) is 0.218. The number of hydrogen-bond donors (Lipinski definition) is 0. The summed E-state index contributed by atoms with van der Waals surface area (Å²) in [5.74, 6) is 0.574. The van der Waals surface area contributed by atoms with Crippen LogP contribution in [0.5, 0.6) is 0 Å². The number of carbonyl (C=O) groups excluding carboxylic acids is 2. The number of carbonyl (C=O) groups is 2. The zero-order valence-corrected chi connectivity index (χ0v) is 23.6. The monoisotopic (exact) mass is 560 g/mol. The molecule has 1 amide bonds. The summed E-state index contributed by atoms with van der Waals surface area (Å²) < 4.78 is 14.3. The lowest BCUT2D eigenvalue weighted by atomic mass is 9.91. The highest BCUT2D eigenvalue weighted by atomic mass is 16.6. The molecule has 3 heterocycles. The van der Waals surface area contributed by atoms with Crippen molar-refractivity contribution in [1.82, 2.24) is 24.5 Å². The van der Waals surface area contributed by atoms with Gasteiger partial charge in [0.05, 0.1) is 29.5 Å². The van der Waals surface area contributed by atoms with Crippen LogP contribution in [0.2, 0.25) is 0 Å². The van der Waals surface area contributed by atoms with Crippen LogP contribution in [0, 0.1) is 5.92 Å². The van der Waals surface area contributed by atoms with Gasteiger partial charge in [0.1, 0.15) is 5.60 Å². The fourth-order valence-electron chi connectivity index (χ4n) is 6.06. The number of aromatic nitrogens is 4. The maximum absolute atomic E-state index is 14.2. The Morgan fingerprint density at radius 1 is 1.20 bits per heavy atom. The molecule has 0 spiro atoms. The Morgan fingerprint density at radius 2 is 2.00 bits per heavy atom. The normalized spacial score (nSPS) is 19.4. The Morgan fingerprint density at radius 3 is 2.76 bits per heavy atom. The van der Waals surface area contributed by atoms with Crippen molar-refractivity contribution >= 4 is 22.9 Å². The summed E-state index contributed by atoms with van der Waals surface area (Å²) in [4.78, 5) is 31.8. The molecule has 0 radical (unpaired) electrons. The Hall–Kier alpha value is -3.89. The minimum Gasteiger partial charge on any atom is -0.442 e. The van der Waals surface area contributed by atoms with E-state index in [4.69, 9.17) is 15.0 Å². The highest BCUT2D eigenvalue weighted by Gasteiger charge is 2.40. The number of rotatable bonds is 8. The first-order valence-electron chi connectivity index (χ1n) is 14.5. The third-order valence-corrected chi connectivity index (χ3v) is 8.37. The zero-order valence-electron chi connectivity index (χ0n) is 23.6. The second kappa shape index (κ2) is 11.2. The van der Waals surface area contributed by atoms with Crippen LogP contribution in [-0.2, 0) is 28.9 Å². The molecular weight excluding hydrogens is 524 g/mol. The summed E-state index contributed by atoms with van der Waals surface area (Å²) in [6.45, 7) is 5.82. The van der Waals surface area contributed by atoms with E-state index in [1.165, 1.54) is 4.68 Å². The zero-order chi connectivity index (χ0) is 28.6. The predicted octanol–water partition coefficient (Wildman–Crippen LogP) is 4.90. The van der Waals surface area contributed by atoms with E-state index in [9.17, 15) is 9.59 Å². The van der Waals surface area contributed by atoms with E-state index in [-0.39, 0.29) is 24.5 Å². The molecule has 0 bridgehead atoms. The van der Waals surface area contributed by atoms with Gasteiger partial charge in [-0.3, -0.25) is 9.48 Å². The van der Waals surface area contributed by atoms with Gasteiger partial charge >= 0.3 is 6.09 Å². The second-order valence-electron chi connectivity index (χ2n) is 12.0. The summed E-state index contributed by atoms with van der Waals surface area (Å²) in [7, 11) is 0. The molecule has 12 nitrogen and oxygen atoms in total. The molecule has 0 N–H and O–H groups in total. The minimum atomic E-state index is -0.951.